The quantitative estimate of drug-likeness (QED) is 0.847. The molecule has 1 saturated heterocycles. The first kappa shape index (κ1) is 13.3. The largest absolute Gasteiger partial charge is 0.295 e. The first-order chi connectivity index (χ1) is 8.56. The Kier molecular flexibility index (Phi) is 4.19. The summed E-state index contributed by atoms with van der Waals surface area (Å²) in [6.45, 7) is 2.11. The molecule has 1 atom stereocenters. The van der Waals surface area contributed by atoms with Crippen LogP contribution in [0, 0.1) is 5.92 Å². The fourth-order valence-corrected chi connectivity index (χ4v) is 2.60. The molecule has 96 valence electrons. The number of nitrogens with zero attached hydrogens (tertiary/aromatic N) is 3. The van der Waals surface area contributed by atoms with E-state index in [1.807, 2.05) is 0 Å². The van der Waals surface area contributed by atoms with Gasteiger partial charge in [0.15, 0.2) is 16.1 Å². The van der Waals surface area contributed by atoms with Gasteiger partial charge in [-0.3, -0.25) is 14.5 Å². The first-order valence-corrected chi connectivity index (χ1v) is 6.85. The molecule has 0 N–H and O–H groups in total. The molecular formula is C11H12ClN3O2S. The van der Waals surface area contributed by atoms with E-state index in [1.54, 1.807) is 17.0 Å². The second-order valence-electron chi connectivity index (χ2n) is 4.09. The minimum absolute atomic E-state index is 0.0146. The Morgan fingerprint density at radius 1 is 1.56 bits per heavy atom. The van der Waals surface area contributed by atoms with Crippen LogP contribution in [0.2, 0.25) is 5.15 Å². The summed E-state index contributed by atoms with van der Waals surface area (Å²) in [6.07, 6.45) is 0.449. The molecule has 5 nitrogen and oxygen atoms in total. The second-order valence-corrected chi connectivity index (χ2v) is 5.68. The molecule has 1 fully saturated rings. The van der Waals surface area contributed by atoms with Gasteiger partial charge in [0.05, 0.1) is 0 Å². The molecule has 0 spiro atoms. The molecule has 0 aromatic carbocycles. The lowest BCUT2D eigenvalue weighted by Gasteiger charge is -2.14. The zero-order valence-electron chi connectivity index (χ0n) is 9.80. The molecule has 0 bridgehead atoms. The fourth-order valence-electron chi connectivity index (χ4n) is 1.80. The summed E-state index contributed by atoms with van der Waals surface area (Å²) < 4.78 is 0. The van der Waals surface area contributed by atoms with Gasteiger partial charge in [0.2, 0.25) is 5.91 Å². The predicted molar refractivity (Wildman–Crippen MR) is 70.6 cm³/mol. The summed E-state index contributed by atoms with van der Waals surface area (Å²) in [6, 6.07) is 3.28. The van der Waals surface area contributed by atoms with Crippen LogP contribution in [0.25, 0.3) is 0 Å². The minimum atomic E-state index is 0.0146. The summed E-state index contributed by atoms with van der Waals surface area (Å²) in [5.41, 5.74) is 0. The average molecular weight is 286 g/mol. The lowest BCUT2D eigenvalue weighted by atomic mass is 10.1. The van der Waals surface area contributed by atoms with Gasteiger partial charge in [-0.05, 0) is 18.1 Å². The number of carbonyl (C=O) groups excluding carboxylic acids is 2. The van der Waals surface area contributed by atoms with Gasteiger partial charge in [0, 0.05) is 25.6 Å². The van der Waals surface area contributed by atoms with Gasteiger partial charge in [-0.25, -0.2) is 0 Å². The number of hydrogen-bond acceptors (Lipinski definition) is 5. The van der Waals surface area contributed by atoms with Crippen molar-refractivity contribution < 1.29 is 9.59 Å². The van der Waals surface area contributed by atoms with Crippen LogP contribution in [0.3, 0.4) is 0 Å². The van der Waals surface area contributed by atoms with Crippen LogP contribution < -0.4 is 4.90 Å². The van der Waals surface area contributed by atoms with Crippen LogP contribution in [-0.4, -0.2) is 33.5 Å². The number of anilines is 1. The molecule has 2 rings (SSSR count). The highest BCUT2D eigenvalue weighted by molar-refractivity contribution is 8.13. The van der Waals surface area contributed by atoms with Crippen LogP contribution in [0.4, 0.5) is 5.82 Å². The smallest absolute Gasteiger partial charge is 0.228 e. The van der Waals surface area contributed by atoms with Crippen molar-refractivity contribution in [2.75, 3.05) is 17.2 Å². The molecular weight excluding hydrogens is 274 g/mol. The van der Waals surface area contributed by atoms with Crippen molar-refractivity contribution in [3.8, 4) is 0 Å². The summed E-state index contributed by atoms with van der Waals surface area (Å²) in [4.78, 5) is 24.3. The summed E-state index contributed by atoms with van der Waals surface area (Å²) >= 11 is 6.91. The highest BCUT2D eigenvalue weighted by atomic mass is 35.5. The van der Waals surface area contributed by atoms with Gasteiger partial charge < -0.3 is 0 Å². The molecule has 0 aliphatic carbocycles. The van der Waals surface area contributed by atoms with E-state index in [0.717, 1.165) is 0 Å². The Morgan fingerprint density at radius 2 is 2.33 bits per heavy atom. The van der Waals surface area contributed by atoms with Crippen LogP contribution in [0.15, 0.2) is 12.1 Å². The third-order valence-corrected chi connectivity index (χ3v) is 3.87. The lowest BCUT2D eigenvalue weighted by Crippen LogP contribution is -2.26. The number of thioether (sulfide) groups is 1. The van der Waals surface area contributed by atoms with Crippen molar-refractivity contribution in [1.82, 2.24) is 10.2 Å². The topological polar surface area (TPSA) is 63.2 Å². The normalized spacial score (nSPS) is 19.3. The third-order valence-electron chi connectivity index (χ3n) is 2.62. The van der Waals surface area contributed by atoms with Gasteiger partial charge in [-0.2, -0.15) is 0 Å². The first-order valence-electron chi connectivity index (χ1n) is 5.49. The number of aromatic nitrogens is 2. The molecule has 0 radical (unpaired) electrons. The van der Waals surface area contributed by atoms with E-state index in [9.17, 15) is 9.59 Å². The Bertz CT molecular complexity index is 466. The standard InChI is InChI=1S/C11H12ClN3O2S/c1-7(16)18-6-8-4-11(17)15(5-8)10-3-2-9(12)13-14-10/h2-3,8H,4-6H2,1H3. The van der Waals surface area contributed by atoms with Gasteiger partial charge in [0.25, 0.3) is 0 Å². The second kappa shape index (κ2) is 5.67. The van der Waals surface area contributed by atoms with Gasteiger partial charge in [-0.15, -0.1) is 10.2 Å². The van der Waals surface area contributed by atoms with Gasteiger partial charge in [0.1, 0.15) is 0 Å². The highest BCUT2D eigenvalue weighted by Gasteiger charge is 2.31. The van der Waals surface area contributed by atoms with Crippen LogP contribution in [0.5, 0.6) is 0 Å². The number of amides is 1. The summed E-state index contributed by atoms with van der Waals surface area (Å²) in [5.74, 6) is 1.38. The van der Waals surface area contributed by atoms with Crippen LogP contribution in [-0.2, 0) is 9.59 Å². The monoisotopic (exact) mass is 285 g/mol. The van der Waals surface area contributed by atoms with E-state index in [4.69, 9.17) is 11.6 Å². The maximum Gasteiger partial charge on any atom is 0.228 e. The molecule has 1 aromatic rings. The zero-order chi connectivity index (χ0) is 13.1. The van der Waals surface area contributed by atoms with Crippen molar-refractivity contribution in [1.29, 1.82) is 0 Å². The van der Waals surface area contributed by atoms with Crippen LogP contribution in [0.1, 0.15) is 13.3 Å². The average Bonchev–Trinajstić information content (AvgIpc) is 2.69. The number of hydrogen-bond donors (Lipinski definition) is 0. The van der Waals surface area contributed by atoms with Gasteiger partial charge in [-0.1, -0.05) is 23.4 Å². The van der Waals surface area contributed by atoms with E-state index in [2.05, 4.69) is 10.2 Å². The van der Waals surface area contributed by atoms with E-state index >= 15 is 0 Å². The molecule has 1 aliphatic heterocycles. The molecule has 0 saturated carbocycles. The fraction of sp³-hybridized carbons (Fsp3) is 0.455. The molecule has 1 amide bonds. The van der Waals surface area contributed by atoms with Gasteiger partial charge >= 0.3 is 0 Å². The Morgan fingerprint density at radius 3 is 2.94 bits per heavy atom. The third kappa shape index (κ3) is 3.20. The minimum Gasteiger partial charge on any atom is -0.295 e. The molecule has 1 aromatic heterocycles. The maximum atomic E-state index is 11.8. The maximum absolute atomic E-state index is 11.8. The number of halogens is 1. The molecule has 18 heavy (non-hydrogen) atoms. The van der Waals surface area contributed by atoms with Crippen molar-refractivity contribution >= 4 is 40.2 Å². The van der Waals surface area contributed by atoms with E-state index in [0.29, 0.717) is 29.7 Å². The van der Waals surface area contributed by atoms with E-state index in [1.165, 1.54) is 18.7 Å². The van der Waals surface area contributed by atoms with Crippen molar-refractivity contribution in [2.24, 2.45) is 5.92 Å². The van der Waals surface area contributed by atoms with Crippen molar-refractivity contribution in [2.45, 2.75) is 13.3 Å². The lowest BCUT2D eigenvalue weighted by molar-refractivity contribution is -0.117. The van der Waals surface area contributed by atoms with E-state index in [-0.39, 0.29) is 16.9 Å². The summed E-state index contributed by atoms with van der Waals surface area (Å²) in [7, 11) is 0. The van der Waals surface area contributed by atoms with Crippen LogP contribution >= 0.6 is 23.4 Å². The SMILES string of the molecule is CC(=O)SCC1CC(=O)N(c2ccc(Cl)nn2)C1. The number of carbonyl (C=O) groups is 2. The Hall–Kier alpha value is -1.14. The summed E-state index contributed by atoms with van der Waals surface area (Å²) in [5, 5.41) is 7.99. The van der Waals surface area contributed by atoms with Crippen molar-refractivity contribution in [3.05, 3.63) is 17.3 Å². The molecule has 2 heterocycles. The molecule has 1 aliphatic rings. The van der Waals surface area contributed by atoms with Crippen molar-refractivity contribution in [3.63, 3.8) is 0 Å². The zero-order valence-corrected chi connectivity index (χ0v) is 11.4. The Balaban J connectivity index is 2.00. The highest BCUT2D eigenvalue weighted by Crippen LogP contribution is 2.26. The molecule has 7 heteroatoms. The Labute approximate surface area is 114 Å². The van der Waals surface area contributed by atoms with E-state index < -0.39 is 0 Å². The predicted octanol–water partition coefficient (Wildman–Crippen LogP) is 1.76. The molecule has 1 unspecified atom stereocenters. The number of rotatable bonds is 3.